The monoisotopic (exact) mass is 289 g/mol. The summed E-state index contributed by atoms with van der Waals surface area (Å²) in [6.45, 7) is 0. The fourth-order valence-corrected chi connectivity index (χ4v) is 3.27. The second kappa shape index (κ2) is 5.87. The first-order chi connectivity index (χ1) is 9.81. The highest BCUT2D eigenvalue weighted by atomic mass is 32.1. The molecular formula is C15H19N3OS. The maximum absolute atomic E-state index is 5.45. The average molecular weight is 289 g/mol. The first kappa shape index (κ1) is 13.5. The summed E-state index contributed by atoms with van der Waals surface area (Å²) in [5, 5.41) is 9.18. The van der Waals surface area contributed by atoms with E-state index >= 15 is 0 Å². The van der Waals surface area contributed by atoms with E-state index in [9.17, 15) is 0 Å². The van der Waals surface area contributed by atoms with Crippen LogP contribution in [0.2, 0.25) is 0 Å². The van der Waals surface area contributed by atoms with Crippen molar-refractivity contribution in [1.82, 2.24) is 14.8 Å². The van der Waals surface area contributed by atoms with Crippen molar-refractivity contribution >= 4 is 12.6 Å². The number of para-hydroxylation sites is 1. The third-order valence-electron chi connectivity index (χ3n) is 3.97. The lowest BCUT2D eigenvalue weighted by molar-refractivity contribution is 0.339. The van der Waals surface area contributed by atoms with Crippen LogP contribution in [0.5, 0.6) is 5.75 Å². The zero-order chi connectivity index (χ0) is 13.9. The van der Waals surface area contributed by atoms with Crippen LogP contribution in [0.4, 0.5) is 0 Å². The van der Waals surface area contributed by atoms with Gasteiger partial charge in [-0.3, -0.25) is 4.57 Å². The van der Waals surface area contributed by atoms with Gasteiger partial charge in [-0.25, -0.2) is 0 Å². The molecule has 1 saturated carbocycles. The van der Waals surface area contributed by atoms with Crippen LogP contribution in [-0.4, -0.2) is 21.9 Å². The van der Waals surface area contributed by atoms with Crippen LogP contribution in [0.25, 0.3) is 11.4 Å². The minimum Gasteiger partial charge on any atom is -0.496 e. The Hall–Kier alpha value is -1.49. The highest BCUT2D eigenvalue weighted by molar-refractivity contribution is 7.80. The van der Waals surface area contributed by atoms with Gasteiger partial charge in [-0.05, 0) is 25.0 Å². The van der Waals surface area contributed by atoms with Crippen LogP contribution >= 0.6 is 12.6 Å². The van der Waals surface area contributed by atoms with Crippen molar-refractivity contribution in [3.05, 3.63) is 24.3 Å². The fraction of sp³-hybridized carbons (Fsp3) is 0.467. The number of rotatable bonds is 3. The molecule has 2 aromatic rings. The Morgan fingerprint density at radius 2 is 1.90 bits per heavy atom. The minimum absolute atomic E-state index is 0.450. The van der Waals surface area contributed by atoms with Gasteiger partial charge in [-0.15, -0.1) is 22.8 Å². The molecule has 1 aliphatic rings. The molecule has 1 fully saturated rings. The molecule has 0 amide bonds. The van der Waals surface area contributed by atoms with Gasteiger partial charge >= 0.3 is 0 Å². The second-order valence-corrected chi connectivity index (χ2v) is 5.59. The molecule has 106 valence electrons. The SMILES string of the molecule is COc1ccccc1-c1nnc(S)n1C1CCCCC1. The number of benzene rings is 1. The number of hydrogen-bond donors (Lipinski definition) is 1. The zero-order valence-corrected chi connectivity index (χ0v) is 12.5. The van der Waals surface area contributed by atoms with Gasteiger partial charge in [0, 0.05) is 6.04 Å². The van der Waals surface area contributed by atoms with E-state index in [-0.39, 0.29) is 0 Å². The molecule has 1 aromatic heterocycles. The highest BCUT2D eigenvalue weighted by Gasteiger charge is 2.23. The molecule has 0 N–H and O–H groups in total. The topological polar surface area (TPSA) is 39.9 Å². The molecule has 0 unspecified atom stereocenters. The molecule has 0 atom stereocenters. The molecule has 5 heteroatoms. The number of aromatic nitrogens is 3. The third kappa shape index (κ3) is 2.42. The van der Waals surface area contributed by atoms with E-state index in [2.05, 4.69) is 27.4 Å². The van der Waals surface area contributed by atoms with E-state index in [0.29, 0.717) is 11.2 Å². The summed E-state index contributed by atoms with van der Waals surface area (Å²) in [4.78, 5) is 0. The van der Waals surface area contributed by atoms with E-state index in [4.69, 9.17) is 4.74 Å². The molecule has 0 aliphatic heterocycles. The second-order valence-electron chi connectivity index (χ2n) is 5.19. The molecule has 1 aromatic carbocycles. The maximum atomic E-state index is 5.45. The summed E-state index contributed by atoms with van der Waals surface area (Å²) in [7, 11) is 1.68. The smallest absolute Gasteiger partial charge is 0.188 e. The summed E-state index contributed by atoms with van der Waals surface area (Å²) >= 11 is 4.49. The summed E-state index contributed by atoms with van der Waals surface area (Å²) < 4.78 is 7.61. The van der Waals surface area contributed by atoms with E-state index in [1.165, 1.54) is 32.1 Å². The van der Waals surface area contributed by atoms with Gasteiger partial charge in [-0.2, -0.15) is 0 Å². The molecule has 20 heavy (non-hydrogen) atoms. The van der Waals surface area contributed by atoms with Crippen molar-refractivity contribution in [3.63, 3.8) is 0 Å². The van der Waals surface area contributed by atoms with E-state index in [1.54, 1.807) is 7.11 Å². The quantitative estimate of drug-likeness (QED) is 0.875. The van der Waals surface area contributed by atoms with Gasteiger partial charge in [0.1, 0.15) is 5.75 Å². The van der Waals surface area contributed by atoms with Crippen LogP contribution in [0.1, 0.15) is 38.1 Å². The highest BCUT2D eigenvalue weighted by Crippen LogP contribution is 2.36. The third-order valence-corrected chi connectivity index (χ3v) is 4.27. The molecule has 1 aliphatic carbocycles. The van der Waals surface area contributed by atoms with E-state index < -0.39 is 0 Å². The Labute approximate surface area is 124 Å². The van der Waals surface area contributed by atoms with Crippen LogP contribution in [0.15, 0.2) is 29.4 Å². The number of ether oxygens (including phenoxy) is 1. The first-order valence-corrected chi connectivity index (χ1v) is 7.53. The normalized spacial score (nSPS) is 16.3. The Morgan fingerprint density at radius 3 is 2.65 bits per heavy atom. The Balaban J connectivity index is 2.05. The molecule has 0 saturated heterocycles. The molecule has 0 bridgehead atoms. The average Bonchev–Trinajstić information content (AvgIpc) is 2.89. The van der Waals surface area contributed by atoms with Gasteiger partial charge in [0.15, 0.2) is 11.0 Å². The molecule has 0 spiro atoms. The number of nitrogens with zero attached hydrogens (tertiary/aromatic N) is 3. The van der Waals surface area contributed by atoms with Crippen molar-refractivity contribution in [2.75, 3.05) is 7.11 Å². The first-order valence-electron chi connectivity index (χ1n) is 7.08. The van der Waals surface area contributed by atoms with Gasteiger partial charge in [0.25, 0.3) is 0 Å². The zero-order valence-electron chi connectivity index (χ0n) is 11.6. The minimum atomic E-state index is 0.450. The number of hydrogen-bond acceptors (Lipinski definition) is 4. The summed E-state index contributed by atoms with van der Waals surface area (Å²) in [6.07, 6.45) is 6.20. The van der Waals surface area contributed by atoms with Crippen molar-refractivity contribution < 1.29 is 4.74 Å². The van der Waals surface area contributed by atoms with Crippen molar-refractivity contribution in [2.45, 2.75) is 43.3 Å². The molecule has 3 rings (SSSR count). The standard InChI is InChI=1S/C15H19N3OS/c1-19-13-10-6-5-9-12(13)14-16-17-15(20)18(14)11-7-3-2-4-8-11/h5-6,9-11H,2-4,7-8H2,1H3,(H,17,20). The lowest BCUT2D eigenvalue weighted by atomic mass is 9.95. The summed E-state index contributed by atoms with van der Waals surface area (Å²) in [5.41, 5.74) is 0.980. The Morgan fingerprint density at radius 1 is 1.15 bits per heavy atom. The molecule has 1 heterocycles. The van der Waals surface area contributed by atoms with Crippen molar-refractivity contribution in [2.24, 2.45) is 0 Å². The number of methoxy groups -OCH3 is 1. The van der Waals surface area contributed by atoms with Crippen LogP contribution < -0.4 is 4.74 Å². The van der Waals surface area contributed by atoms with Gasteiger partial charge in [0.2, 0.25) is 0 Å². The number of thiol groups is 1. The van der Waals surface area contributed by atoms with Crippen LogP contribution in [0, 0.1) is 0 Å². The molecule has 0 radical (unpaired) electrons. The molecule has 4 nitrogen and oxygen atoms in total. The fourth-order valence-electron chi connectivity index (χ4n) is 2.97. The maximum Gasteiger partial charge on any atom is 0.188 e. The van der Waals surface area contributed by atoms with Gasteiger partial charge in [-0.1, -0.05) is 31.4 Å². The lowest BCUT2D eigenvalue weighted by Gasteiger charge is -2.25. The van der Waals surface area contributed by atoms with E-state index in [0.717, 1.165) is 17.1 Å². The van der Waals surface area contributed by atoms with Crippen LogP contribution in [0.3, 0.4) is 0 Å². The largest absolute Gasteiger partial charge is 0.496 e. The lowest BCUT2D eigenvalue weighted by Crippen LogP contribution is -2.14. The Kier molecular flexibility index (Phi) is 3.96. The van der Waals surface area contributed by atoms with E-state index in [1.807, 2.05) is 24.3 Å². The summed E-state index contributed by atoms with van der Waals surface area (Å²) in [6, 6.07) is 8.38. The van der Waals surface area contributed by atoms with Gasteiger partial charge in [0.05, 0.1) is 12.7 Å². The summed E-state index contributed by atoms with van der Waals surface area (Å²) in [5.74, 6) is 1.68. The Bertz CT molecular complexity index is 591. The van der Waals surface area contributed by atoms with Gasteiger partial charge < -0.3 is 4.74 Å². The van der Waals surface area contributed by atoms with Crippen molar-refractivity contribution in [3.8, 4) is 17.1 Å². The predicted octanol–water partition coefficient (Wildman–Crippen LogP) is 3.75. The van der Waals surface area contributed by atoms with Crippen LogP contribution in [-0.2, 0) is 0 Å². The predicted molar refractivity (Wildman–Crippen MR) is 81.4 cm³/mol. The molecular weight excluding hydrogens is 270 g/mol. The van der Waals surface area contributed by atoms with Crippen molar-refractivity contribution in [1.29, 1.82) is 0 Å².